The quantitative estimate of drug-likeness (QED) is 0.595. The Kier molecular flexibility index (Phi) is 9.25. The van der Waals surface area contributed by atoms with Crippen molar-refractivity contribution in [3.63, 3.8) is 0 Å². The molecule has 1 rings (SSSR count). The topological polar surface area (TPSA) is 75.7 Å². The van der Waals surface area contributed by atoms with Crippen molar-refractivity contribution in [3.05, 3.63) is 29.3 Å². The van der Waals surface area contributed by atoms with E-state index in [0.29, 0.717) is 49.9 Å². The van der Waals surface area contributed by atoms with Crippen molar-refractivity contribution in [2.45, 2.75) is 45.9 Å². The summed E-state index contributed by atoms with van der Waals surface area (Å²) in [5.74, 6) is 0.216. The first kappa shape index (κ1) is 22.6. The zero-order valence-corrected chi connectivity index (χ0v) is 17.4. The smallest absolute Gasteiger partial charge is 0.251 e. The summed E-state index contributed by atoms with van der Waals surface area (Å²) in [4.78, 5) is 12.5. The summed E-state index contributed by atoms with van der Waals surface area (Å²) in [7, 11) is -3.60. The van der Waals surface area contributed by atoms with Crippen molar-refractivity contribution in [1.82, 2.24) is 9.62 Å². The molecule has 148 valence electrons. The number of hydrogen-bond acceptors (Lipinski definition) is 4. The first-order chi connectivity index (χ1) is 12.2. The number of nitrogens with zero attached hydrogens (tertiary/aromatic N) is 1. The predicted molar refractivity (Wildman–Crippen MR) is 104 cm³/mol. The van der Waals surface area contributed by atoms with Gasteiger partial charge in [-0.3, -0.25) is 4.79 Å². The highest BCUT2D eigenvalue weighted by atomic mass is 32.2. The fraction of sp³-hybridized carbons (Fsp3) is 0.632. The summed E-state index contributed by atoms with van der Waals surface area (Å²) in [6.07, 6.45) is 0.717. The second-order valence-electron chi connectivity index (χ2n) is 6.65. The highest BCUT2D eigenvalue weighted by Gasteiger charge is 2.24. The SMILES string of the molecule is CCN(CC)S(=O)(=O)c1cc(C(=O)NCCCOCC(C)C)ccc1C. The van der Waals surface area contributed by atoms with Crippen LogP contribution in [0.3, 0.4) is 0 Å². The monoisotopic (exact) mass is 384 g/mol. The molecule has 0 atom stereocenters. The van der Waals surface area contributed by atoms with Crippen LogP contribution in [0.2, 0.25) is 0 Å². The summed E-state index contributed by atoms with van der Waals surface area (Å²) in [5, 5.41) is 2.82. The zero-order chi connectivity index (χ0) is 19.7. The van der Waals surface area contributed by atoms with Gasteiger partial charge in [-0.1, -0.05) is 33.8 Å². The molecule has 0 aliphatic rings. The van der Waals surface area contributed by atoms with Gasteiger partial charge in [0.25, 0.3) is 5.91 Å². The fourth-order valence-corrected chi connectivity index (χ4v) is 4.23. The molecule has 0 aliphatic heterocycles. The minimum atomic E-state index is -3.60. The molecule has 1 aromatic rings. The van der Waals surface area contributed by atoms with Crippen LogP contribution in [0.25, 0.3) is 0 Å². The van der Waals surface area contributed by atoms with Crippen LogP contribution in [0.1, 0.15) is 50.0 Å². The van der Waals surface area contributed by atoms with Crippen LogP contribution in [0.4, 0.5) is 0 Å². The molecule has 0 bridgehead atoms. The van der Waals surface area contributed by atoms with Gasteiger partial charge in [0.05, 0.1) is 4.90 Å². The molecule has 7 heteroatoms. The number of carbonyl (C=O) groups is 1. The molecule has 0 heterocycles. The Morgan fingerprint density at radius 1 is 1.23 bits per heavy atom. The molecule has 6 nitrogen and oxygen atoms in total. The molecule has 0 unspecified atom stereocenters. The molecular weight excluding hydrogens is 352 g/mol. The van der Waals surface area contributed by atoms with Gasteiger partial charge in [0.15, 0.2) is 0 Å². The fourth-order valence-electron chi connectivity index (χ4n) is 2.52. The summed E-state index contributed by atoms with van der Waals surface area (Å²) < 4.78 is 32.4. The van der Waals surface area contributed by atoms with Gasteiger partial charge in [-0.15, -0.1) is 0 Å². The van der Waals surface area contributed by atoms with Gasteiger partial charge in [-0.05, 0) is 37.0 Å². The number of nitrogens with one attached hydrogen (secondary N) is 1. The Bertz CT molecular complexity index is 683. The van der Waals surface area contributed by atoms with Crippen molar-refractivity contribution in [1.29, 1.82) is 0 Å². The van der Waals surface area contributed by atoms with E-state index in [1.54, 1.807) is 32.9 Å². The Labute approximate surface area is 158 Å². The van der Waals surface area contributed by atoms with E-state index < -0.39 is 10.0 Å². The van der Waals surface area contributed by atoms with Gasteiger partial charge in [-0.2, -0.15) is 4.31 Å². The van der Waals surface area contributed by atoms with Gasteiger partial charge < -0.3 is 10.1 Å². The Morgan fingerprint density at radius 2 is 1.88 bits per heavy atom. The van der Waals surface area contributed by atoms with Crippen molar-refractivity contribution >= 4 is 15.9 Å². The van der Waals surface area contributed by atoms with E-state index in [-0.39, 0.29) is 10.8 Å². The molecule has 1 N–H and O–H groups in total. The molecule has 0 aromatic heterocycles. The van der Waals surface area contributed by atoms with Crippen molar-refractivity contribution in [3.8, 4) is 0 Å². The van der Waals surface area contributed by atoms with Crippen molar-refractivity contribution in [2.75, 3.05) is 32.8 Å². The molecule has 1 amide bonds. The lowest BCUT2D eigenvalue weighted by atomic mass is 10.1. The molecule has 0 fully saturated rings. The Morgan fingerprint density at radius 3 is 2.46 bits per heavy atom. The summed E-state index contributed by atoms with van der Waals surface area (Å²) in [6, 6.07) is 4.80. The molecular formula is C19H32N2O4S. The number of amides is 1. The predicted octanol–water partition coefficient (Wildman–Crippen LogP) is 2.82. The molecule has 0 saturated heterocycles. The van der Waals surface area contributed by atoms with E-state index >= 15 is 0 Å². The number of aryl methyl sites for hydroxylation is 1. The summed E-state index contributed by atoms with van der Waals surface area (Å²) in [6.45, 7) is 12.1. The average Bonchev–Trinajstić information content (AvgIpc) is 2.58. The van der Waals surface area contributed by atoms with Crippen molar-refractivity contribution < 1.29 is 17.9 Å². The lowest BCUT2D eigenvalue weighted by Crippen LogP contribution is -2.31. The maximum absolute atomic E-state index is 12.8. The average molecular weight is 385 g/mol. The molecule has 0 spiro atoms. The van der Waals surface area contributed by atoms with E-state index in [1.165, 1.54) is 10.4 Å². The molecule has 0 aliphatic carbocycles. The Hall–Kier alpha value is -1.44. The van der Waals surface area contributed by atoms with E-state index in [1.807, 2.05) is 0 Å². The number of ether oxygens (including phenoxy) is 1. The minimum absolute atomic E-state index is 0.189. The third-order valence-corrected chi connectivity index (χ3v) is 6.17. The second kappa shape index (κ2) is 10.6. The minimum Gasteiger partial charge on any atom is -0.381 e. The lowest BCUT2D eigenvalue weighted by molar-refractivity contribution is 0.0925. The largest absolute Gasteiger partial charge is 0.381 e. The molecule has 1 aromatic carbocycles. The van der Waals surface area contributed by atoms with Crippen LogP contribution in [0.15, 0.2) is 23.1 Å². The second-order valence-corrected chi connectivity index (χ2v) is 8.55. The molecule has 26 heavy (non-hydrogen) atoms. The number of sulfonamides is 1. The van der Waals surface area contributed by atoms with Crippen LogP contribution in [-0.4, -0.2) is 51.5 Å². The highest BCUT2D eigenvalue weighted by molar-refractivity contribution is 7.89. The van der Waals surface area contributed by atoms with E-state index in [2.05, 4.69) is 19.2 Å². The Balaban J connectivity index is 2.76. The van der Waals surface area contributed by atoms with Gasteiger partial charge in [0.2, 0.25) is 10.0 Å². The van der Waals surface area contributed by atoms with Crippen molar-refractivity contribution in [2.24, 2.45) is 5.92 Å². The van der Waals surface area contributed by atoms with E-state index in [4.69, 9.17) is 4.74 Å². The van der Waals surface area contributed by atoms with Crippen LogP contribution in [0.5, 0.6) is 0 Å². The van der Waals surface area contributed by atoms with E-state index in [0.717, 1.165) is 6.42 Å². The maximum Gasteiger partial charge on any atom is 0.251 e. The van der Waals surface area contributed by atoms with Crippen LogP contribution in [-0.2, 0) is 14.8 Å². The number of rotatable bonds is 11. The van der Waals surface area contributed by atoms with Crippen LogP contribution < -0.4 is 5.32 Å². The highest BCUT2D eigenvalue weighted by Crippen LogP contribution is 2.21. The standard InChI is InChI=1S/C19H32N2O4S/c1-6-21(7-2)26(23,24)18-13-17(10-9-16(18)5)19(22)20-11-8-12-25-14-15(3)4/h9-10,13,15H,6-8,11-12,14H2,1-5H3,(H,20,22). The van der Waals surface area contributed by atoms with Gasteiger partial charge in [0, 0.05) is 38.4 Å². The van der Waals surface area contributed by atoms with Crippen LogP contribution in [0, 0.1) is 12.8 Å². The number of carbonyl (C=O) groups excluding carboxylic acids is 1. The van der Waals surface area contributed by atoms with Gasteiger partial charge >= 0.3 is 0 Å². The van der Waals surface area contributed by atoms with Gasteiger partial charge in [-0.25, -0.2) is 8.42 Å². The molecule has 0 radical (unpaired) electrons. The first-order valence-electron chi connectivity index (χ1n) is 9.20. The third kappa shape index (κ3) is 6.37. The third-order valence-electron chi connectivity index (χ3n) is 3.98. The zero-order valence-electron chi connectivity index (χ0n) is 16.5. The van der Waals surface area contributed by atoms with E-state index in [9.17, 15) is 13.2 Å². The van der Waals surface area contributed by atoms with Crippen LogP contribution >= 0.6 is 0 Å². The number of benzene rings is 1. The number of hydrogen-bond donors (Lipinski definition) is 1. The molecule has 0 saturated carbocycles. The summed E-state index contributed by atoms with van der Waals surface area (Å²) >= 11 is 0. The lowest BCUT2D eigenvalue weighted by Gasteiger charge is -2.20. The summed E-state index contributed by atoms with van der Waals surface area (Å²) in [5.41, 5.74) is 0.986. The normalized spacial score (nSPS) is 12.0. The van der Waals surface area contributed by atoms with Gasteiger partial charge in [0.1, 0.15) is 0 Å². The first-order valence-corrected chi connectivity index (χ1v) is 10.6. The maximum atomic E-state index is 12.8.